The number of furan rings is 1. The number of hydrogen-bond donors (Lipinski definition) is 1. The molecule has 1 heterocycles. The molecule has 0 radical (unpaired) electrons. The van der Waals surface area contributed by atoms with Gasteiger partial charge in [0.1, 0.15) is 12.2 Å². The number of ether oxygens (including phenoxy) is 1. The van der Waals surface area contributed by atoms with Crippen LogP contribution in [0.3, 0.4) is 0 Å². The minimum atomic E-state index is -4.34. The average molecular weight is 398 g/mol. The van der Waals surface area contributed by atoms with E-state index in [1.807, 2.05) is 0 Å². The van der Waals surface area contributed by atoms with Crippen LogP contribution in [0.15, 0.2) is 52.9 Å². The van der Waals surface area contributed by atoms with Gasteiger partial charge in [-0.05, 0) is 35.4 Å². The number of amides is 1. The first-order valence-electron chi connectivity index (χ1n) is 8.00. The zero-order valence-corrected chi connectivity index (χ0v) is 14.7. The highest BCUT2D eigenvalue weighted by Crippen LogP contribution is 2.23. The second kappa shape index (κ2) is 8.02. The van der Waals surface area contributed by atoms with Crippen LogP contribution in [-0.2, 0) is 17.9 Å². The Bertz CT molecular complexity index is 936. The van der Waals surface area contributed by atoms with Crippen molar-refractivity contribution in [3.8, 4) is 0 Å². The second-order valence-electron chi connectivity index (χ2n) is 5.90. The Morgan fingerprint density at radius 2 is 1.78 bits per heavy atom. The molecule has 1 amide bonds. The molecule has 8 heteroatoms. The Morgan fingerprint density at radius 1 is 1.07 bits per heavy atom. The zero-order valence-electron chi connectivity index (χ0n) is 14.0. The van der Waals surface area contributed by atoms with Crippen LogP contribution >= 0.6 is 11.6 Å². The first kappa shape index (κ1) is 19.3. The Labute approximate surface area is 157 Å². The van der Waals surface area contributed by atoms with Crippen molar-refractivity contribution in [1.29, 1.82) is 0 Å². The van der Waals surface area contributed by atoms with Crippen molar-refractivity contribution in [3.05, 3.63) is 70.4 Å². The molecule has 0 saturated carbocycles. The number of carbonyl (C=O) groups excluding carboxylic acids is 1. The molecule has 0 fully saturated rings. The Hall–Kier alpha value is -2.51. The van der Waals surface area contributed by atoms with E-state index >= 15 is 0 Å². The van der Waals surface area contributed by atoms with E-state index < -0.39 is 12.8 Å². The molecule has 0 aliphatic heterocycles. The van der Waals surface area contributed by atoms with E-state index in [0.717, 1.165) is 10.9 Å². The van der Waals surface area contributed by atoms with Crippen molar-refractivity contribution < 1.29 is 27.1 Å². The van der Waals surface area contributed by atoms with Crippen molar-refractivity contribution in [1.82, 2.24) is 5.32 Å². The fourth-order valence-electron chi connectivity index (χ4n) is 2.43. The summed E-state index contributed by atoms with van der Waals surface area (Å²) in [5, 5.41) is 4.01. The SMILES string of the molecule is O=C(NCc1ccc(COCC(F)(F)F)cc1)c1cc2cc(Cl)ccc2o1. The largest absolute Gasteiger partial charge is 0.451 e. The minimum Gasteiger partial charge on any atom is -0.451 e. The quantitative estimate of drug-likeness (QED) is 0.630. The van der Waals surface area contributed by atoms with Gasteiger partial charge in [-0.15, -0.1) is 0 Å². The monoisotopic (exact) mass is 397 g/mol. The number of nitrogens with one attached hydrogen (secondary N) is 1. The van der Waals surface area contributed by atoms with E-state index in [4.69, 9.17) is 16.0 Å². The topological polar surface area (TPSA) is 51.5 Å². The van der Waals surface area contributed by atoms with Gasteiger partial charge in [0.2, 0.25) is 0 Å². The molecule has 0 atom stereocenters. The van der Waals surface area contributed by atoms with Gasteiger partial charge in [-0.25, -0.2) is 0 Å². The molecular formula is C19H15ClF3NO3. The molecule has 0 aliphatic rings. The Balaban J connectivity index is 1.53. The molecule has 3 aromatic rings. The van der Waals surface area contributed by atoms with Crippen LogP contribution < -0.4 is 5.32 Å². The molecule has 0 aliphatic carbocycles. The van der Waals surface area contributed by atoms with Crippen molar-refractivity contribution in [2.45, 2.75) is 19.3 Å². The van der Waals surface area contributed by atoms with E-state index in [1.165, 1.54) is 0 Å². The molecule has 1 aromatic heterocycles. The predicted molar refractivity (Wildman–Crippen MR) is 94.5 cm³/mol. The van der Waals surface area contributed by atoms with Gasteiger partial charge in [0.05, 0.1) is 6.61 Å². The van der Waals surface area contributed by atoms with Crippen LogP contribution in [0.25, 0.3) is 11.0 Å². The van der Waals surface area contributed by atoms with Crippen molar-refractivity contribution >= 4 is 28.5 Å². The number of carbonyl (C=O) groups is 1. The van der Waals surface area contributed by atoms with Gasteiger partial charge in [0, 0.05) is 17.0 Å². The summed E-state index contributed by atoms with van der Waals surface area (Å²) in [6.07, 6.45) is -4.34. The summed E-state index contributed by atoms with van der Waals surface area (Å²) < 4.78 is 46.2. The van der Waals surface area contributed by atoms with E-state index in [9.17, 15) is 18.0 Å². The molecule has 0 unspecified atom stereocenters. The number of rotatable bonds is 6. The molecule has 142 valence electrons. The Morgan fingerprint density at radius 3 is 2.48 bits per heavy atom. The molecule has 0 bridgehead atoms. The number of fused-ring (bicyclic) bond motifs is 1. The Kier molecular flexibility index (Phi) is 5.72. The van der Waals surface area contributed by atoms with Gasteiger partial charge < -0.3 is 14.5 Å². The van der Waals surface area contributed by atoms with Crippen LogP contribution in [0.5, 0.6) is 0 Å². The van der Waals surface area contributed by atoms with Crippen molar-refractivity contribution in [2.24, 2.45) is 0 Å². The number of benzene rings is 2. The smallest absolute Gasteiger partial charge is 0.411 e. The fraction of sp³-hybridized carbons (Fsp3) is 0.211. The van der Waals surface area contributed by atoms with Gasteiger partial charge in [-0.1, -0.05) is 35.9 Å². The highest BCUT2D eigenvalue weighted by Gasteiger charge is 2.27. The van der Waals surface area contributed by atoms with Crippen LogP contribution in [0.2, 0.25) is 5.02 Å². The third kappa shape index (κ3) is 5.48. The van der Waals surface area contributed by atoms with Crippen LogP contribution in [0.1, 0.15) is 21.7 Å². The molecule has 3 rings (SSSR count). The van der Waals surface area contributed by atoms with Crippen LogP contribution in [0, 0.1) is 0 Å². The van der Waals surface area contributed by atoms with Gasteiger partial charge in [0.25, 0.3) is 5.91 Å². The summed E-state index contributed by atoms with van der Waals surface area (Å²) in [4.78, 5) is 12.2. The molecule has 4 nitrogen and oxygen atoms in total. The normalized spacial score (nSPS) is 11.7. The third-order valence-corrected chi connectivity index (χ3v) is 3.95. The summed E-state index contributed by atoms with van der Waals surface area (Å²) in [6, 6.07) is 13.4. The molecule has 0 saturated heterocycles. The van der Waals surface area contributed by atoms with E-state index in [2.05, 4.69) is 10.1 Å². The number of alkyl halides is 3. The van der Waals surface area contributed by atoms with Gasteiger partial charge in [-0.2, -0.15) is 13.2 Å². The first-order chi connectivity index (χ1) is 12.8. The lowest BCUT2D eigenvalue weighted by Gasteiger charge is -2.08. The molecular weight excluding hydrogens is 383 g/mol. The lowest BCUT2D eigenvalue weighted by molar-refractivity contribution is -0.176. The average Bonchev–Trinajstić information content (AvgIpc) is 3.03. The van der Waals surface area contributed by atoms with Crippen molar-refractivity contribution in [2.75, 3.05) is 6.61 Å². The second-order valence-corrected chi connectivity index (χ2v) is 6.34. The van der Waals surface area contributed by atoms with Crippen LogP contribution in [-0.4, -0.2) is 18.7 Å². The highest BCUT2D eigenvalue weighted by molar-refractivity contribution is 6.31. The lowest BCUT2D eigenvalue weighted by Crippen LogP contribution is -2.22. The maximum atomic E-state index is 12.2. The van der Waals surface area contributed by atoms with E-state index in [-0.39, 0.29) is 24.8 Å². The van der Waals surface area contributed by atoms with E-state index in [0.29, 0.717) is 16.2 Å². The molecule has 2 aromatic carbocycles. The van der Waals surface area contributed by atoms with Gasteiger partial charge in [0.15, 0.2) is 5.76 Å². The van der Waals surface area contributed by atoms with Gasteiger partial charge >= 0.3 is 6.18 Å². The first-order valence-corrected chi connectivity index (χ1v) is 8.37. The summed E-state index contributed by atoms with van der Waals surface area (Å²) in [6.45, 7) is -1.17. The highest BCUT2D eigenvalue weighted by atomic mass is 35.5. The summed E-state index contributed by atoms with van der Waals surface area (Å²) in [5.41, 5.74) is 1.97. The fourth-order valence-corrected chi connectivity index (χ4v) is 2.61. The summed E-state index contributed by atoms with van der Waals surface area (Å²) >= 11 is 5.91. The van der Waals surface area contributed by atoms with E-state index in [1.54, 1.807) is 48.5 Å². The summed E-state index contributed by atoms with van der Waals surface area (Å²) in [5.74, 6) is -0.204. The van der Waals surface area contributed by atoms with Gasteiger partial charge in [-0.3, -0.25) is 4.79 Å². The molecule has 1 N–H and O–H groups in total. The van der Waals surface area contributed by atoms with Crippen molar-refractivity contribution in [3.63, 3.8) is 0 Å². The molecule has 27 heavy (non-hydrogen) atoms. The number of halogens is 4. The third-order valence-electron chi connectivity index (χ3n) is 3.71. The standard InChI is InChI=1S/C19H15ClF3NO3/c20-15-5-6-16-14(7-15)8-17(27-16)18(25)24-9-12-1-3-13(4-2-12)10-26-11-19(21,22)23/h1-8H,9-11H2,(H,24,25). The predicted octanol–water partition coefficient (Wildman–Crippen LogP) is 5.10. The van der Waals surface area contributed by atoms with Crippen LogP contribution in [0.4, 0.5) is 13.2 Å². The number of hydrogen-bond acceptors (Lipinski definition) is 3. The maximum absolute atomic E-state index is 12.2. The zero-order chi connectivity index (χ0) is 19.4. The lowest BCUT2D eigenvalue weighted by atomic mass is 10.1. The molecule has 0 spiro atoms. The maximum Gasteiger partial charge on any atom is 0.411 e. The summed E-state index contributed by atoms with van der Waals surface area (Å²) in [7, 11) is 0. The minimum absolute atomic E-state index is 0.131.